The van der Waals surface area contributed by atoms with E-state index in [0.29, 0.717) is 0 Å². The summed E-state index contributed by atoms with van der Waals surface area (Å²) in [6, 6.07) is 12.4. The largest absolute Gasteiger partial charge is 0.383 e. The first-order valence-corrected chi connectivity index (χ1v) is 7.97. The quantitative estimate of drug-likeness (QED) is 0.769. The van der Waals surface area contributed by atoms with E-state index >= 15 is 0 Å². The molecular weight excluding hydrogens is 336 g/mol. The van der Waals surface area contributed by atoms with Crippen LogP contribution in [0.2, 0.25) is 0 Å². The maximum Gasteiger partial charge on any atom is 0.101 e. The summed E-state index contributed by atoms with van der Waals surface area (Å²) in [5.41, 5.74) is 1.18. The minimum Gasteiger partial charge on any atom is -0.383 e. The second kappa shape index (κ2) is 8.42. The highest BCUT2D eigenvalue weighted by atomic mass is 79.9. The van der Waals surface area contributed by atoms with Gasteiger partial charge in [0.15, 0.2) is 0 Å². The van der Waals surface area contributed by atoms with Crippen molar-refractivity contribution in [1.29, 1.82) is 0 Å². The first-order chi connectivity index (χ1) is 9.78. The highest BCUT2D eigenvalue weighted by Crippen LogP contribution is 2.26. The van der Waals surface area contributed by atoms with Gasteiger partial charge < -0.3 is 10.1 Å². The van der Waals surface area contributed by atoms with E-state index in [1.807, 2.05) is 18.3 Å². The van der Waals surface area contributed by atoms with Gasteiger partial charge in [0.05, 0.1) is 6.61 Å². The number of rotatable bonds is 7. The van der Waals surface area contributed by atoms with Crippen molar-refractivity contribution in [2.75, 3.05) is 20.3 Å². The van der Waals surface area contributed by atoms with Crippen LogP contribution in [0.4, 0.5) is 0 Å². The van der Waals surface area contributed by atoms with Crippen LogP contribution in [0.15, 0.2) is 57.0 Å². The fraction of sp³-hybridized carbons (Fsp3) is 0.267. The van der Waals surface area contributed by atoms with Gasteiger partial charge in [0.2, 0.25) is 0 Å². The van der Waals surface area contributed by atoms with Crippen LogP contribution < -0.4 is 5.32 Å². The molecule has 0 atom stereocenters. The Morgan fingerprint density at radius 3 is 2.65 bits per heavy atom. The van der Waals surface area contributed by atoms with E-state index in [1.165, 1.54) is 10.5 Å². The zero-order valence-electron chi connectivity index (χ0n) is 11.3. The molecule has 0 saturated carbocycles. The molecular formula is C15H17BrN2OS. The lowest BCUT2D eigenvalue weighted by Gasteiger charge is -2.05. The molecule has 0 aliphatic carbocycles. The van der Waals surface area contributed by atoms with Gasteiger partial charge in [0, 0.05) is 35.8 Å². The summed E-state index contributed by atoms with van der Waals surface area (Å²) in [7, 11) is 1.71. The van der Waals surface area contributed by atoms with Crippen molar-refractivity contribution in [2.45, 2.75) is 16.5 Å². The van der Waals surface area contributed by atoms with Gasteiger partial charge in [-0.15, -0.1) is 0 Å². The van der Waals surface area contributed by atoms with Gasteiger partial charge in [-0.2, -0.15) is 0 Å². The maximum absolute atomic E-state index is 4.99. The zero-order chi connectivity index (χ0) is 14.2. The Bertz CT molecular complexity index is 516. The minimum absolute atomic E-state index is 0.727. The van der Waals surface area contributed by atoms with Crippen molar-refractivity contribution < 1.29 is 4.74 Å². The molecule has 3 nitrogen and oxygen atoms in total. The van der Waals surface area contributed by atoms with Crippen LogP contribution in [0.25, 0.3) is 0 Å². The molecule has 106 valence electrons. The molecule has 2 aromatic rings. The molecule has 1 heterocycles. The van der Waals surface area contributed by atoms with E-state index in [9.17, 15) is 0 Å². The van der Waals surface area contributed by atoms with Crippen molar-refractivity contribution in [3.05, 3.63) is 52.6 Å². The lowest BCUT2D eigenvalue weighted by molar-refractivity contribution is 0.199. The predicted octanol–water partition coefficient (Wildman–Crippen LogP) is 3.73. The third kappa shape index (κ3) is 5.25. The molecule has 1 aromatic carbocycles. The van der Waals surface area contributed by atoms with E-state index in [2.05, 4.69) is 50.5 Å². The Kier molecular flexibility index (Phi) is 6.53. The number of hydrogen-bond acceptors (Lipinski definition) is 4. The number of ether oxygens (including phenoxy) is 1. The average Bonchev–Trinajstić information content (AvgIpc) is 2.48. The van der Waals surface area contributed by atoms with Gasteiger partial charge >= 0.3 is 0 Å². The van der Waals surface area contributed by atoms with Gasteiger partial charge in [-0.05, 0) is 35.9 Å². The smallest absolute Gasteiger partial charge is 0.101 e. The van der Waals surface area contributed by atoms with Crippen molar-refractivity contribution in [3.8, 4) is 0 Å². The molecule has 5 heteroatoms. The summed E-state index contributed by atoms with van der Waals surface area (Å²) in [4.78, 5) is 5.66. The summed E-state index contributed by atoms with van der Waals surface area (Å²) in [6.07, 6.45) is 1.92. The van der Waals surface area contributed by atoms with Crippen molar-refractivity contribution in [2.24, 2.45) is 0 Å². The van der Waals surface area contributed by atoms with Crippen LogP contribution >= 0.6 is 27.7 Å². The Hall–Kier alpha value is -0.880. The normalized spacial score (nSPS) is 10.7. The first-order valence-electron chi connectivity index (χ1n) is 6.36. The minimum atomic E-state index is 0.727. The molecule has 0 spiro atoms. The first kappa shape index (κ1) is 15.5. The third-order valence-corrected chi connectivity index (χ3v) is 4.13. The molecule has 0 saturated heterocycles. The number of nitrogens with one attached hydrogen (secondary N) is 1. The Morgan fingerprint density at radius 1 is 1.20 bits per heavy atom. The summed E-state index contributed by atoms with van der Waals surface area (Å²) in [6.45, 7) is 2.40. The van der Waals surface area contributed by atoms with Crippen molar-refractivity contribution >= 4 is 27.7 Å². The number of aromatic nitrogens is 1. The van der Waals surface area contributed by atoms with Crippen LogP contribution in [0, 0.1) is 0 Å². The van der Waals surface area contributed by atoms with Crippen molar-refractivity contribution in [1.82, 2.24) is 10.3 Å². The van der Waals surface area contributed by atoms with Crippen LogP contribution in [-0.4, -0.2) is 25.2 Å². The standard InChI is InChI=1S/C15H17BrN2OS/c1-19-9-8-17-10-12-2-7-15(18-11-12)20-14-5-3-13(16)4-6-14/h2-7,11,17H,8-10H2,1H3. The lowest BCUT2D eigenvalue weighted by Crippen LogP contribution is -2.18. The highest BCUT2D eigenvalue weighted by Gasteiger charge is 2.00. The van der Waals surface area contributed by atoms with E-state index in [0.717, 1.165) is 29.2 Å². The highest BCUT2D eigenvalue weighted by molar-refractivity contribution is 9.10. The summed E-state index contributed by atoms with van der Waals surface area (Å²) >= 11 is 5.10. The second-order valence-electron chi connectivity index (χ2n) is 4.23. The molecule has 0 fully saturated rings. The molecule has 1 N–H and O–H groups in total. The molecule has 0 radical (unpaired) electrons. The number of hydrogen-bond donors (Lipinski definition) is 1. The number of methoxy groups -OCH3 is 1. The molecule has 20 heavy (non-hydrogen) atoms. The lowest BCUT2D eigenvalue weighted by atomic mass is 10.3. The molecule has 0 aliphatic rings. The van der Waals surface area contributed by atoms with Gasteiger partial charge in [-0.25, -0.2) is 4.98 Å². The van der Waals surface area contributed by atoms with Gasteiger partial charge in [-0.1, -0.05) is 33.8 Å². The van der Waals surface area contributed by atoms with E-state index in [1.54, 1.807) is 18.9 Å². The number of halogens is 1. The summed E-state index contributed by atoms with van der Waals surface area (Å²) in [5.74, 6) is 0. The topological polar surface area (TPSA) is 34.1 Å². The van der Waals surface area contributed by atoms with E-state index < -0.39 is 0 Å². The number of pyridine rings is 1. The molecule has 0 amide bonds. The van der Waals surface area contributed by atoms with E-state index in [4.69, 9.17) is 4.74 Å². The van der Waals surface area contributed by atoms with E-state index in [-0.39, 0.29) is 0 Å². The van der Waals surface area contributed by atoms with Gasteiger partial charge in [0.1, 0.15) is 5.03 Å². The molecule has 0 aliphatic heterocycles. The third-order valence-electron chi connectivity index (χ3n) is 2.65. The van der Waals surface area contributed by atoms with Crippen LogP contribution in [0.1, 0.15) is 5.56 Å². The number of nitrogens with zero attached hydrogens (tertiary/aromatic N) is 1. The van der Waals surface area contributed by atoms with Crippen LogP contribution in [0.5, 0.6) is 0 Å². The Morgan fingerprint density at radius 2 is 2.00 bits per heavy atom. The Labute approximate surface area is 132 Å². The average molecular weight is 353 g/mol. The monoisotopic (exact) mass is 352 g/mol. The van der Waals surface area contributed by atoms with Crippen molar-refractivity contribution in [3.63, 3.8) is 0 Å². The summed E-state index contributed by atoms with van der Waals surface area (Å²) < 4.78 is 6.08. The molecule has 0 unspecified atom stereocenters. The van der Waals surface area contributed by atoms with Gasteiger partial charge in [-0.3, -0.25) is 0 Å². The fourth-order valence-electron chi connectivity index (χ4n) is 1.61. The molecule has 0 bridgehead atoms. The van der Waals surface area contributed by atoms with Crippen LogP contribution in [-0.2, 0) is 11.3 Å². The maximum atomic E-state index is 4.99. The summed E-state index contributed by atoms with van der Waals surface area (Å²) in [5, 5.41) is 4.31. The molecule has 2 rings (SSSR count). The Balaban J connectivity index is 1.86. The molecule has 1 aromatic heterocycles. The number of benzene rings is 1. The SMILES string of the molecule is COCCNCc1ccc(Sc2ccc(Br)cc2)nc1. The van der Waals surface area contributed by atoms with Crippen LogP contribution in [0.3, 0.4) is 0 Å². The fourth-order valence-corrected chi connectivity index (χ4v) is 2.63. The second-order valence-corrected chi connectivity index (χ2v) is 6.24. The van der Waals surface area contributed by atoms with Gasteiger partial charge in [0.25, 0.3) is 0 Å². The predicted molar refractivity (Wildman–Crippen MR) is 86.1 cm³/mol. The zero-order valence-corrected chi connectivity index (χ0v) is 13.7.